The molecule has 0 aliphatic carbocycles. The van der Waals surface area contributed by atoms with Crippen molar-refractivity contribution in [3.8, 4) is 0 Å². The molecular formula is C12H13F3O3S. The van der Waals surface area contributed by atoms with Crippen LogP contribution >= 0.6 is 0 Å². The third-order valence-electron chi connectivity index (χ3n) is 2.47. The molecule has 1 N–H and O–H groups in total. The Hall–Kier alpha value is -1.37. The summed E-state index contributed by atoms with van der Waals surface area (Å²) in [6.45, 7) is 1.44. The third kappa shape index (κ3) is 5.02. The van der Waals surface area contributed by atoms with Crippen LogP contribution in [-0.4, -0.2) is 21.0 Å². The van der Waals surface area contributed by atoms with E-state index in [9.17, 15) is 22.2 Å². The monoisotopic (exact) mass is 294 g/mol. The summed E-state index contributed by atoms with van der Waals surface area (Å²) in [6, 6.07) is 4.36. The number of rotatable bonds is 5. The second kappa shape index (κ2) is 6.18. The van der Waals surface area contributed by atoms with Gasteiger partial charge in [0.25, 0.3) is 0 Å². The van der Waals surface area contributed by atoms with Crippen LogP contribution in [0.25, 0.3) is 0 Å². The van der Waals surface area contributed by atoms with Crippen molar-refractivity contribution in [2.24, 2.45) is 5.92 Å². The fraction of sp³-hybridized carbons (Fsp3) is 0.417. The zero-order valence-corrected chi connectivity index (χ0v) is 10.9. The molecule has 106 valence electrons. The first-order valence-corrected chi connectivity index (χ1v) is 6.93. The van der Waals surface area contributed by atoms with Crippen LogP contribution in [0.2, 0.25) is 0 Å². The van der Waals surface area contributed by atoms with Crippen molar-refractivity contribution < 1.29 is 27.3 Å². The van der Waals surface area contributed by atoms with Gasteiger partial charge in [-0.05, 0) is 17.7 Å². The predicted octanol–water partition coefficient (Wildman–Crippen LogP) is 2.67. The molecule has 0 fully saturated rings. The lowest BCUT2D eigenvalue weighted by atomic mass is 10.1. The standard InChI is InChI=1S/C12H13F3O3S/c1-8(11(16)17)6-19(18)7-9-2-4-10(5-3-9)12(13,14)15/h2-5,8H,6-7H2,1H3,(H,16,17). The summed E-state index contributed by atoms with van der Waals surface area (Å²) < 4.78 is 48.6. The van der Waals surface area contributed by atoms with Crippen LogP contribution in [0, 0.1) is 5.92 Å². The largest absolute Gasteiger partial charge is 0.481 e. The Labute approximate surface area is 110 Å². The van der Waals surface area contributed by atoms with Crippen LogP contribution in [0.5, 0.6) is 0 Å². The van der Waals surface area contributed by atoms with E-state index in [1.807, 2.05) is 0 Å². The summed E-state index contributed by atoms with van der Waals surface area (Å²) in [5.41, 5.74) is -0.273. The summed E-state index contributed by atoms with van der Waals surface area (Å²) in [6.07, 6.45) is -4.39. The number of carboxylic acid groups (broad SMARTS) is 1. The maximum atomic E-state index is 12.3. The molecule has 1 aromatic carbocycles. The van der Waals surface area contributed by atoms with Crippen molar-refractivity contribution in [1.82, 2.24) is 0 Å². The quantitative estimate of drug-likeness (QED) is 0.908. The Morgan fingerprint density at radius 3 is 2.26 bits per heavy atom. The SMILES string of the molecule is CC(CS(=O)Cc1ccc(C(F)(F)F)cc1)C(=O)O. The van der Waals surface area contributed by atoms with E-state index in [4.69, 9.17) is 5.11 Å². The van der Waals surface area contributed by atoms with Crippen LogP contribution in [-0.2, 0) is 27.5 Å². The average Bonchev–Trinajstić information content (AvgIpc) is 2.28. The van der Waals surface area contributed by atoms with Crippen LogP contribution in [0.1, 0.15) is 18.1 Å². The van der Waals surface area contributed by atoms with E-state index in [1.54, 1.807) is 0 Å². The Kier molecular flexibility index (Phi) is 5.11. The first-order valence-electron chi connectivity index (χ1n) is 5.44. The summed E-state index contributed by atoms with van der Waals surface area (Å²) in [5.74, 6) is -1.75. The number of hydrogen-bond donors (Lipinski definition) is 1. The van der Waals surface area contributed by atoms with E-state index in [-0.39, 0.29) is 11.5 Å². The van der Waals surface area contributed by atoms with E-state index in [0.29, 0.717) is 5.56 Å². The van der Waals surface area contributed by atoms with Crippen molar-refractivity contribution in [1.29, 1.82) is 0 Å². The van der Waals surface area contributed by atoms with Gasteiger partial charge in [-0.15, -0.1) is 0 Å². The molecule has 0 spiro atoms. The van der Waals surface area contributed by atoms with Gasteiger partial charge >= 0.3 is 12.1 Å². The van der Waals surface area contributed by atoms with E-state index in [2.05, 4.69) is 0 Å². The molecule has 0 bridgehead atoms. The van der Waals surface area contributed by atoms with Crippen LogP contribution in [0.15, 0.2) is 24.3 Å². The number of carboxylic acids is 1. The molecule has 3 nitrogen and oxygen atoms in total. The summed E-state index contributed by atoms with van der Waals surface area (Å²) in [5, 5.41) is 8.66. The molecule has 0 radical (unpaired) electrons. The van der Waals surface area contributed by atoms with Crippen molar-refractivity contribution in [3.63, 3.8) is 0 Å². The van der Waals surface area contributed by atoms with Gasteiger partial charge < -0.3 is 5.11 Å². The average molecular weight is 294 g/mol. The van der Waals surface area contributed by atoms with Gasteiger partial charge in [-0.25, -0.2) is 0 Å². The molecule has 2 unspecified atom stereocenters. The molecule has 2 atom stereocenters. The molecule has 0 aliphatic rings. The predicted molar refractivity (Wildman–Crippen MR) is 65.0 cm³/mol. The number of carbonyl (C=O) groups is 1. The highest BCUT2D eigenvalue weighted by atomic mass is 32.2. The van der Waals surface area contributed by atoms with Crippen LogP contribution in [0.3, 0.4) is 0 Å². The molecule has 0 aromatic heterocycles. The Morgan fingerprint density at radius 2 is 1.84 bits per heavy atom. The van der Waals surface area contributed by atoms with Gasteiger partial charge in [0.1, 0.15) is 0 Å². The maximum absolute atomic E-state index is 12.3. The van der Waals surface area contributed by atoms with Gasteiger partial charge in [-0.1, -0.05) is 19.1 Å². The molecular weight excluding hydrogens is 281 g/mol. The van der Waals surface area contributed by atoms with Crippen LogP contribution < -0.4 is 0 Å². The lowest BCUT2D eigenvalue weighted by Crippen LogP contribution is -2.18. The summed E-state index contributed by atoms with van der Waals surface area (Å²) in [4.78, 5) is 10.6. The van der Waals surface area contributed by atoms with Gasteiger partial charge in [0.05, 0.1) is 11.5 Å². The Morgan fingerprint density at radius 1 is 1.32 bits per heavy atom. The number of benzene rings is 1. The summed E-state index contributed by atoms with van der Waals surface area (Å²) in [7, 11) is -1.41. The minimum atomic E-state index is -4.39. The molecule has 0 heterocycles. The van der Waals surface area contributed by atoms with Crippen molar-refractivity contribution in [2.75, 3.05) is 5.75 Å². The van der Waals surface area contributed by atoms with E-state index in [1.165, 1.54) is 19.1 Å². The van der Waals surface area contributed by atoms with E-state index in [0.717, 1.165) is 12.1 Å². The second-order valence-corrected chi connectivity index (χ2v) is 5.69. The zero-order chi connectivity index (χ0) is 14.6. The topological polar surface area (TPSA) is 54.4 Å². The highest BCUT2D eigenvalue weighted by Gasteiger charge is 2.29. The van der Waals surface area contributed by atoms with Crippen molar-refractivity contribution in [3.05, 3.63) is 35.4 Å². The molecule has 1 aromatic rings. The van der Waals surface area contributed by atoms with Crippen molar-refractivity contribution >= 4 is 16.8 Å². The van der Waals surface area contributed by atoms with Crippen molar-refractivity contribution in [2.45, 2.75) is 18.9 Å². The zero-order valence-electron chi connectivity index (χ0n) is 10.1. The van der Waals surface area contributed by atoms with Gasteiger partial charge in [0.2, 0.25) is 0 Å². The lowest BCUT2D eigenvalue weighted by Gasteiger charge is -2.08. The molecule has 0 aliphatic heterocycles. The Bertz CT molecular complexity index is 468. The Balaban J connectivity index is 2.63. The van der Waals surface area contributed by atoms with Gasteiger partial charge in [-0.3, -0.25) is 9.00 Å². The number of halogens is 3. The first-order chi connectivity index (χ1) is 8.70. The molecule has 19 heavy (non-hydrogen) atoms. The molecule has 7 heteroatoms. The molecule has 1 rings (SSSR count). The first kappa shape index (κ1) is 15.7. The number of hydrogen-bond acceptors (Lipinski definition) is 2. The molecule has 0 saturated carbocycles. The van der Waals surface area contributed by atoms with Gasteiger partial charge in [0, 0.05) is 22.3 Å². The molecule has 0 amide bonds. The van der Waals surface area contributed by atoms with Gasteiger partial charge in [0.15, 0.2) is 0 Å². The minimum Gasteiger partial charge on any atom is -0.481 e. The lowest BCUT2D eigenvalue weighted by molar-refractivity contribution is -0.140. The summed E-state index contributed by atoms with van der Waals surface area (Å²) >= 11 is 0. The number of alkyl halides is 3. The van der Waals surface area contributed by atoms with E-state index >= 15 is 0 Å². The fourth-order valence-corrected chi connectivity index (χ4v) is 2.77. The minimum absolute atomic E-state index is 0.0175. The van der Waals surface area contributed by atoms with Crippen LogP contribution in [0.4, 0.5) is 13.2 Å². The fourth-order valence-electron chi connectivity index (χ4n) is 1.38. The highest BCUT2D eigenvalue weighted by Crippen LogP contribution is 2.29. The normalized spacial score (nSPS) is 14.9. The maximum Gasteiger partial charge on any atom is 0.416 e. The van der Waals surface area contributed by atoms with Gasteiger partial charge in [-0.2, -0.15) is 13.2 Å². The van der Waals surface area contributed by atoms with E-state index < -0.39 is 34.4 Å². The second-order valence-electron chi connectivity index (χ2n) is 4.18. The third-order valence-corrected chi connectivity index (χ3v) is 3.99. The smallest absolute Gasteiger partial charge is 0.416 e. The number of aliphatic carboxylic acids is 1. The highest BCUT2D eigenvalue weighted by molar-refractivity contribution is 7.84. The molecule has 0 saturated heterocycles.